The number of morpholine rings is 1. The van der Waals surface area contributed by atoms with Crippen molar-refractivity contribution in [2.75, 3.05) is 19.8 Å². The summed E-state index contributed by atoms with van der Waals surface area (Å²) in [4.78, 5) is 26.5. The van der Waals surface area contributed by atoms with E-state index in [4.69, 9.17) is 15.0 Å². The summed E-state index contributed by atoms with van der Waals surface area (Å²) in [6, 6.07) is 18.4. The Kier molecular flexibility index (Phi) is 8.27. The first-order valence-electron chi connectivity index (χ1n) is 12.2. The lowest BCUT2D eigenvalue weighted by molar-refractivity contribution is -0.133. The molecule has 0 radical (unpaired) electrons. The number of primary sulfonamides is 1. The summed E-state index contributed by atoms with van der Waals surface area (Å²) in [5.74, 6) is -1.16. The van der Waals surface area contributed by atoms with Crippen molar-refractivity contribution in [2.24, 2.45) is 5.14 Å². The standard InChI is InChI=1S/C28H31N3O6S/c1-18-14-24(38(29,35)36)10-11-25(18)23-5-3-4-20(15-23)16-31-12-13-37-17-26(31)27(32)30-19(2)21-6-8-22(9-7-21)28(33)34/h3-11,14-15,19,26H,12-13,16-17H2,1-2H3,(H,30,32)(H,33,34)(H2,29,35,36)/t19-,26?/m0/s1. The van der Waals surface area contributed by atoms with Crippen LogP contribution in [0.5, 0.6) is 0 Å². The van der Waals surface area contributed by atoms with Gasteiger partial charge < -0.3 is 15.2 Å². The molecule has 3 aromatic carbocycles. The Labute approximate surface area is 222 Å². The molecule has 0 aromatic heterocycles. The molecule has 0 bridgehead atoms. The van der Waals surface area contributed by atoms with Gasteiger partial charge in [-0.2, -0.15) is 0 Å². The van der Waals surface area contributed by atoms with Gasteiger partial charge in [0.1, 0.15) is 6.04 Å². The molecular formula is C28H31N3O6S. The van der Waals surface area contributed by atoms with Crippen molar-refractivity contribution < 1.29 is 27.9 Å². The fourth-order valence-corrected chi connectivity index (χ4v) is 5.18. The maximum absolute atomic E-state index is 13.2. The molecule has 1 amide bonds. The van der Waals surface area contributed by atoms with Gasteiger partial charge in [0.15, 0.2) is 0 Å². The van der Waals surface area contributed by atoms with E-state index in [1.54, 1.807) is 24.3 Å². The fourth-order valence-electron chi connectivity index (χ4n) is 4.58. The van der Waals surface area contributed by atoms with Crippen LogP contribution in [0.1, 0.15) is 40.0 Å². The Bertz CT molecular complexity index is 1440. The summed E-state index contributed by atoms with van der Waals surface area (Å²) in [6.07, 6.45) is 0. The number of carbonyl (C=O) groups is 2. The number of nitrogens with one attached hydrogen (secondary N) is 1. The van der Waals surface area contributed by atoms with Crippen molar-refractivity contribution in [1.82, 2.24) is 10.2 Å². The molecule has 9 nitrogen and oxygen atoms in total. The second-order valence-corrected chi connectivity index (χ2v) is 11.0. The van der Waals surface area contributed by atoms with Crippen molar-refractivity contribution in [3.05, 3.63) is 89.0 Å². The molecule has 1 unspecified atom stereocenters. The number of ether oxygens (including phenoxy) is 1. The van der Waals surface area contributed by atoms with Crippen molar-refractivity contribution in [1.29, 1.82) is 0 Å². The van der Waals surface area contributed by atoms with Gasteiger partial charge in [0, 0.05) is 13.1 Å². The number of nitrogens with two attached hydrogens (primary N) is 1. The second-order valence-electron chi connectivity index (χ2n) is 9.44. The van der Waals surface area contributed by atoms with Crippen molar-refractivity contribution >= 4 is 21.9 Å². The topological polar surface area (TPSA) is 139 Å². The first kappa shape index (κ1) is 27.5. The zero-order valence-corrected chi connectivity index (χ0v) is 22.1. The summed E-state index contributed by atoms with van der Waals surface area (Å²) < 4.78 is 29.0. The number of carbonyl (C=O) groups excluding carboxylic acids is 1. The molecule has 2 atom stereocenters. The van der Waals surface area contributed by atoms with Crippen LogP contribution in [-0.4, -0.2) is 56.1 Å². The molecule has 4 rings (SSSR count). The van der Waals surface area contributed by atoms with Crippen molar-refractivity contribution in [3.63, 3.8) is 0 Å². The molecule has 1 heterocycles. The van der Waals surface area contributed by atoms with Crippen LogP contribution in [0, 0.1) is 6.92 Å². The summed E-state index contributed by atoms with van der Waals surface area (Å²) in [7, 11) is -3.78. The molecule has 1 aliphatic rings. The summed E-state index contributed by atoms with van der Waals surface area (Å²) in [5.41, 5.74) is 4.64. The number of carboxylic acids is 1. The number of nitrogens with zero attached hydrogens (tertiary/aromatic N) is 1. The van der Waals surface area contributed by atoms with E-state index in [9.17, 15) is 18.0 Å². The number of hydrogen-bond donors (Lipinski definition) is 3. The van der Waals surface area contributed by atoms with Gasteiger partial charge in [0.25, 0.3) is 0 Å². The van der Waals surface area contributed by atoms with Crippen LogP contribution in [0.2, 0.25) is 0 Å². The first-order chi connectivity index (χ1) is 18.0. The molecule has 0 aliphatic carbocycles. The molecule has 0 saturated carbocycles. The van der Waals surface area contributed by atoms with Crippen LogP contribution in [0.15, 0.2) is 71.6 Å². The van der Waals surface area contributed by atoms with Gasteiger partial charge in [-0.1, -0.05) is 36.4 Å². The Hall–Kier alpha value is -3.57. The Balaban J connectivity index is 1.48. The Morgan fingerprint density at radius 2 is 1.87 bits per heavy atom. The molecule has 4 N–H and O–H groups in total. The molecule has 1 saturated heterocycles. The van der Waals surface area contributed by atoms with E-state index in [0.717, 1.165) is 27.8 Å². The Morgan fingerprint density at radius 1 is 1.13 bits per heavy atom. The van der Waals surface area contributed by atoms with Crippen LogP contribution in [0.25, 0.3) is 11.1 Å². The number of aromatic carboxylic acids is 1. The highest BCUT2D eigenvalue weighted by Gasteiger charge is 2.30. The van der Waals surface area contributed by atoms with E-state index in [2.05, 4.69) is 10.2 Å². The lowest BCUT2D eigenvalue weighted by atomic mass is 9.98. The highest BCUT2D eigenvalue weighted by molar-refractivity contribution is 7.89. The van der Waals surface area contributed by atoms with E-state index >= 15 is 0 Å². The highest BCUT2D eigenvalue weighted by Crippen LogP contribution is 2.27. The fraction of sp³-hybridized carbons (Fsp3) is 0.286. The van der Waals surface area contributed by atoms with Gasteiger partial charge >= 0.3 is 5.97 Å². The number of aryl methyl sites for hydroxylation is 1. The van der Waals surface area contributed by atoms with Crippen LogP contribution < -0.4 is 10.5 Å². The molecule has 0 spiro atoms. The number of sulfonamides is 1. The zero-order valence-electron chi connectivity index (χ0n) is 21.3. The van der Waals surface area contributed by atoms with Gasteiger partial charge in [-0.25, -0.2) is 18.4 Å². The third kappa shape index (κ3) is 6.46. The third-order valence-electron chi connectivity index (χ3n) is 6.71. The number of rotatable bonds is 8. The quantitative estimate of drug-likeness (QED) is 0.401. The average molecular weight is 538 g/mol. The SMILES string of the molecule is Cc1cc(S(N)(=O)=O)ccc1-c1cccc(CN2CCOCC2C(=O)N[C@@H](C)c2ccc(C(=O)O)cc2)c1. The molecule has 10 heteroatoms. The van der Waals surface area contributed by atoms with Gasteiger partial charge in [-0.3, -0.25) is 9.69 Å². The maximum Gasteiger partial charge on any atom is 0.335 e. The molecule has 1 aliphatic heterocycles. The molecule has 3 aromatic rings. The van der Waals surface area contributed by atoms with Crippen LogP contribution >= 0.6 is 0 Å². The predicted octanol–water partition coefficient (Wildman–Crippen LogP) is 3.09. The smallest absolute Gasteiger partial charge is 0.335 e. The lowest BCUT2D eigenvalue weighted by Crippen LogP contribution is -2.53. The monoisotopic (exact) mass is 537 g/mol. The third-order valence-corrected chi connectivity index (χ3v) is 7.62. The van der Waals surface area contributed by atoms with Gasteiger partial charge in [0.05, 0.1) is 29.7 Å². The number of amides is 1. The number of benzene rings is 3. The predicted molar refractivity (Wildman–Crippen MR) is 143 cm³/mol. The second kappa shape index (κ2) is 11.4. The summed E-state index contributed by atoms with van der Waals surface area (Å²) in [6.45, 7) is 5.61. The minimum atomic E-state index is -3.78. The lowest BCUT2D eigenvalue weighted by Gasteiger charge is -2.35. The molecule has 200 valence electrons. The first-order valence-corrected chi connectivity index (χ1v) is 13.8. The minimum Gasteiger partial charge on any atom is -0.478 e. The highest BCUT2D eigenvalue weighted by atomic mass is 32.2. The van der Waals surface area contributed by atoms with Gasteiger partial charge in [-0.15, -0.1) is 0 Å². The van der Waals surface area contributed by atoms with Gasteiger partial charge in [-0.05, 0) is 72.0 Å². The van der Waals surface area contributed by atoms with E-state index in [0.29, 0.717) is 19.7 Å². The van der Waals surface area contributed by atoms with E-state index in [1.165, 1.54) is 18.2 Å². The molecule has 1 fully saturated rings. The van der Waals surface area contributed by atoms with Crippen LogP contribution in [-0.2, 0) is 26.1 Å². The van der Waals surface area contributed by atoms with Crippen molar-refractivity contribution in [2.45, 2.75) is 37.4 Å². The summed E-state index contributed by atoms with van der Waals surface area (Å²) in [5, 5.41) is 17.4. The molecule has 38 heavy (non-hydrogen) atoms. The number of carboxylic acid groups (broad SMARTS) is 1. The average Bonchev–Trinajstić information content (AvgIpc) is 2.88. The van der Waals surface area contributed by atoms with Crippen LogP contribution in [0.4, 0.5) is 0 Å². The Morgan fingerprint density at radius 3 is 2.53 bits per heavy atom. The van der Waals surface area contributed by atoms with E-state index in [-0.39, 0.29) is 29.0 Å². The number of hydrogen-bond acceptors (Lipinski definition) is 6. The van der Waals surface area contributed by atoms with Crippen molar-refractivity contribution in [3.8, 4) is 11.1 Å². The van der Waals surface area contributed by atoms with Crippen LogP contribution in [0.3, 0.4) is 0 Å². The molecular weight excluding hydrogens is 506 g/mol. The minimum absolute atomic E-state index is 0.0733. The largest absolute Gasteiger partial charge is 0.478 e. The van der Waals surface area contributed by atoms with E-state index < -0.39 is 22.0 Å². The maximum atomic E-state index is 13.2. The van der Waals surface area contributed by atoms with Gasteiger partial charge in [0.2, 0.25) is 15.9 Å². The van der Waals surface area contributed by atoms with E-state index in [1.807, 2.05) is 38.1 Å². The zero-order chi connectivity index (χ0) is 27.4. The summed E-state index contributed by atoms with van der Waals surface area (Å²) >= 11 is 0. The normalized spacial score (nSPS) is 17.1.